The van der Waals surface area contributed by atoms with Crippen LogP contribution in [0, 0.1) is 0 Å². The van der Waals surface area contributed by atoms with Crippen molar-refractivity contribution in [3.63, 3.8) is 0 Å². The van der Waals surface area contributed by atoms with Crippen LogP contribution in [0.3, 0.4) is 0 Å². The number of pyridine rings is 1. The molecular formula is C13H23N5. The van der Waals surface area contributed by atoms with Gasteiger partial charge in [0.15, 0.2) is 0 Å². The molecule has 0 saturated carbocycles. The first kappa shape index (κ1) is 13.3. The van der Waals surface area contributed by atoms with E-state index in [0.717, 1.165) is 37.3 Å². The second kappa shape index (κ2) is 5.65. The van der Waals surface area contributed by atoms with Crippen molar-refractivity contribution in [2.75, 3.05) is 39.5 Å². The number of anilines is 1. The van der Waals surface area contributed by atoms with Gasteiger partial charge in [0.2, 0.25) is 0 Å². The zero-order valence-electron chi connectivity index (χ0n) is 11.2. The standard InChI is InChI=1S/C13H23N5/c1-17-5-6-18(2)10(9-17)7-13(15)11-8-16-4-3-12(11)14/h3-4,8,10,13H,5-7,9,15H2,1-2H3,(H2,14,16). The lowest BCUT2D eigenvalue weighted by Crippen LogP contribution is -2.50. The Labute approximate surface area is 109 Å². The lowest BCUT2D eigenvalue weighted by atomic mass is 9.98. The molecule has 1 saturated heterocycles. The molecule has 2 rings (SSSR count). The summed E-state index contributed by atoms with van der Waals surface area (Å²) >= 11 is 0. The van der Waals surface area contributed by atoms with Gasteiger partial charge in [0.25, 0.3) is 0 Å². The number of nitrogens with zero attached hydrogens (tertiary/aromatic N) is 3. The smallest absolute Gasteiger partial charge is 0.0393 e. The number of likely N-dealkylation sites (N-methyl/N-ethyl adjacent to an activating group) is 2. The fourth-order valence-corrected chi connectivity index (χ4v) is 2.50. The molecule has 18 heavy (non-hydrogen) atoms. The minimum Gasteiger partial charge on any atom is -0.398 e. The predicted octanol–water partition coefficient (Wildman–Crippen LogP) is 0.300. The van der Waals surface area contributed by atoms with E-state index in [9.17, 15) is 0 Å². The molecule has 4 N–H and O–H groups in total. The molecule has 1 fully saturated rings. The first-order valence-corrected chi connectivity index (χ1v) is 6.41. The van der Waals surface area contributed by atoms with Crippen LogP contribution in [-0.2, 0) is 0 Å². The molecule has 0 aliphatic carbocycles. The van der Waals surface area contributed by atoms with Crippen molar-refractivity contribution in [3.8, 4) is 0 Å². The third kappa shape index (κ3) is 2.98. The van der Waals surface area contributed by atoms with E-state index in [1.807, 2.05) is 6.07 Å². The zero-order valence-corrected chi connectivity index (χ0v) is 11.2. The van der Waals surface area contributed by atoms with E-state index in [2.05, 4.69) is 28.9 Å². The van der Waals surface area contributed by atoms with Gasteiger partial charge in [0.05, 0.1) is 0 Å². The van der Waals surface area contributed by atoms with Crippen molar-refractivity contribution in [2.24, 2.45) is 5.73 Å². The number of rotatable bonds is 3. The summed E-state index contributed by atoms with van der Waals surface area (Å²) in [4.78, 5) is 8.84. The fraction of sp³-hybridized carbons (Fsp3) is 0.615. The van der Waals surface area contributed by atoms with E-state index in [0.29, 0.717) is 6.04 Å². The van der Waals surface area contributed by atoms with Crippen LogP contribution in [0.15, 0.2) is 18.5 Å². The summed E-state index contributed by atoms with van der Waals surface area (Å²) in [5.41, 5.74) is 13.9. The zero-order chi connectivity index (χ0) is 13.1. The number of hydrogen-bond acceptors (Lipinski definition) is 5. The van der Waals surface area contributed by atoms with Gasteiger partial charge in [-0.15, -0.1) is 0 Å². The summed E-state index contributed by atoms with van der Waals surface area (Å²) in [5, 5.41) is 0. The van der Waals surface area contributed by atoms with Crippen LogP contribution >= 0.6 is 0 Å². The summed E-state index contributed by atoms with van der Waals surface area (Å²) in [5.74, 6) is 0. The topological polar surface area (TPSA) is 71.4 Å². The molecule has 100 valence electrons. The maximum absolute atomic E-state index is 6.27. The maximum Gasteiger partial charge on any atom is 0.0393 e. The third-order valence-electron chi connectivity index (χ3n) is 3.79. The Hall–Kier alpha value is -1.17. The molecular weight excluding hydrogens is 226 g/mol. The number of nitrogen functional groups attached to an aromatic ring is 1. The van der Waals surface area contributed by atoms with Gasteiger partial charge in [-0.3, -0.25) is 4.98 Å². The van der Waals surface area contributed by atoms with E-state index in [1.54, 1.807) is 12.4 Å². The normalized spacial score (nSPS) is 24.1. The van der Waals surface area contributed by atoms with Crippen molar-refractivity contribution >= 4 is 5.69 Å². The Balaban J connectivity index is 2.02. The maximum atomic E-state index is 6.27. The van der Waals surface area contributed by atoms with E-state index in [1.165, 1.54) is 0 Å². The highest BCUT2D eigenvalue weighted by molar-refractivity contribution is 5.46. The summed E-state index contributed by atoms with van der Waals surface area (Å²) in [7, 11) is 4.32. The molecule has 5 nitrogen and oxygen atoms in total. The van der Waals surface area contributed by atoms with Gasteiger partial charge in [-0.05, 0) is 26.6 Å². The molecule has 0 spiro atoms. The average molecular weight is 249 g/mol. The lowest BCUT2D eigenvalue weighted by Gasteiger charge is -2.38. The van der Waals surface area contributed by atoms with Crippen LogP contribution in [0.1, 0.15) is 18.0 Å². The first-order chi connectivity index (χ1) is 8.58. The van der Waals surface area contributed by atoms with Crippen LogP contribution < -0.4 is 11.5 Å². The molecule has 0 amide bonds. The van der Waals surface area contributed by atoms with Crippen molar-refractivity contribution in [1.29, 1.82) is 0 Å². The van der Waals surface area contributed by atoms with Crippen LogP contribution in [-0.4, -0.2) is 54.6 Å². The highest BCUT2D eigenvalue weighted by atomic mass is 15.3. The second-order valence-corrected chi connectivity index (χ2v) is 5.24. The van der Waals surface area contributed by atoms with Crippen molar-refractivity contribution in [1.82, 2.24) is 14.8 Å². The molecule has 2 heterocycles. The van der Waals surface area contributed by atoms with Gasteiger partial charge in [-0.2, -0.15) is 0 Å². The highest BCUT2D eigenvalue weighted by Gasteiger charge is 2.25. The Bertz CT molecular complexity index is 395. The van der Waals surface area contributed by atoms with Crippen LogP contribution in [0.5, 0.6) is 0 Å². The number of hydrogen-bond donors (Lipinski definition) is 2. The summed E-state index contributed by atoms with van der Waals surface area (Å²) in [6.07, 6.45) is 4.40. The minimum atomic E-state index is -0.0438. The molecule has 0 bridgehead atoms. The molecule has 1 aliphatic rings. The average Bonchev–Trinajstić information content (AvgIpc) is 2.34. The lowest BCUT2D eigenvalue weighted by molar-refractivity contribution is 0.104. The summed E-state index contributed by atoms with van der Waals surface area (Å²) < 4.78 is 0. The molecule has 0 radical (unpaired) electrons. The van der Waals surface area contributed by atoms with Crippen LogP contribution in [0.25, 0.3) is 0 Å². The van der Waals surface area contributed by atoms with E-state index < -0.39 is 0 Å². The SMILES string of the molecule is CN1CCN(C)C(CC(N)c2cnccc2N)C1. The van der Waals surface area contributed by atoms with Crippen molar-refractivity contribution in [2.45, 2.75) is 18.5 Å². The quantitative estimate of drug-likeness (QED) is 0.806. The number of piperazine rings is 1. The fourth-order valence-electron chi connectivity index (χ4n) is 2.50. The molecule has 1 aromatic heterocycles. The Kier molecular flexibility index (Phi) is 4.16. The number of aromatic nitrogens is 1. The second-order valence-electron chi connectivity index (χ2n) is 5.24. The van der Waals surface area contributed by atoms with Gasteiger partial charge in [-0.25, -0.2) is 0 Å². The molecule has 2 unspecified atom stereocenters. The molecule has 5 heteroatoms. The first-order valence-electron chi connectivity index (χ1n) is 6.41. The van der Waals surface area contributed by atoms with Crippen molar-refractivity contribution < 1.29 is 0 Å². The summed E-state index contributed by atoms with van der Waals surface area (Å²) in [6, 6.07) is 2.25. The predicted molar refractivity (Wildman–Crippen MR) is 74.1 cm³/mol. The summed E-state index contributed by atoms with van der Waals surface area (Å²) in [6.45, 7) is 3.28. The molecule has 2 atom stereocenters. The Morgan fingerprint density at radius 3 is 2.94 bits per heavy atom. The third-order valence-corrected chi connectivity index (χ3v) is 3.79. The largest absolute Gasteiger partial charge is 0.398 e. The van der Waals surface area contributed by atoms with Gasteiger partial charge in [0.1, 0.15) is 0 Å². The van der Waals surface area contributed by atoms with E-state index in [-0.39, 0.29) is 6.04 Å². The van der Waals surface area contributed by atoms with Crippen LogP contribution in [0.2, 0.25) is 0 Å². The van der Waals surface area contributed by atoms with Gasteiger partial charge in [0, 0.05) is 55.4 Å². The van der Waals surface area contributed by atoms with Gasteiger partial charge < -0.3 is 21.3 Å². The molecule has 0 aromatic carbocycles. The van der Waals surface area contributed by atoms with Crippen molar-refractivity contribution in [3.05, 3.63) is 24.0 Å². The molecule has 1 aromatic rings. The van der Waals surface area contributed by atoms with Gasteiger partial charge in [-0.1, -0.05) is 0 Å². The van der Waals surface area contributed by atoms with E-state index >= 15 is 0 Å². The highest BCUT2D eigenvalue weighted by Crippen LogP contribution is 2.23. The van der Waals surface area contributed by atoms with Gasteiger partial charge >= 0.3 is 0 Å². The van der Waals surface area contributed by atoms with Crippen LogP contribution in [0.4, 0.5) is 5.69 Å². The monoisotopic (exact) mass is 249 g/mol. The number of nitrogens with two attached hydrogens (primary N) is 2. The molecule has 1 aliphatic heterocycles. The van der Waals surface area contributed by atoms with E-state index in [4.69, 9.17) is 11.5 Å². The Morgan fingerprint density at radius 2 is 2.22 bits per heavy atom. The Morgan fingerprint density at radius 1 is 1.44 bits per heavy atom. The minimum absolute atomic E-state index is 0.0438.